The maximum atomic E-state index is 5.58. The third kappa shape index (κ3) is 3.39. The van der Waals surface area contributed by atoms with Crippen molar-refractivity contribution in [3.63, 3.8) is 0 Å². The van der Waals surface area contributed by atoms with Gasteiger partial charge >= 0.3 is 0 Å². The summed E-state index contributed by atoms with van der Waals surface area (Å²) in [7, 11) is 0. The highest BCUT2D eigenvalue weighted by Crippen LogP contribution is 2.30. The molecule has 3 nitrogen and oxygen atoms in total. The lowest BCUT2D eigenvalue weighted by molar-refractivity contribution is 0.171. The minimum absolute atomic E-state index is 0.558. The van der Waals surface area contributed by atoms with E-state index in [1.165, 1.54) is 5.56 Å². The second kappa shape index (κ2) is 6.10. The normalized spacial score (nSPS) is 15.8. The minimum Gasteiger partial charge on any atom is -0.486 e. The average Bonchev–Trinajstić information content (AvgIpc) is 2.38. The van der Waals surface area contributed by atoms with Gasteiger partial charge < -0.3 is 14.8 Å². The second-order valence-corrected chi connectivity index (χ2v) is 5.21. The molecule has 2 rings (SSSR count). The van der Waals surface area contributed by atoms with Crippen LogP contribution in [0, 0.1) is 5.92 Å². The summed E-state index contributed by atoms with van der Waals surface area (Å²) in [4.78, 5) is 0. The van der Waals surface area contributed by atoms with E-state index in [0.717, 1.165) is 24.5 Å². The molecule has 1 N–H and O–H groups in total. The van der Waals surface area contributed by atoms with Crippen LogP contribution in [-0.4, -0.2) is 25.8 Å². The van der Waals surface area contributed by atoms with Gasteiger partial charge in [0.25, 0.3) is 0 Å². The first-order valence-electron chi connectivity index (χ1n) is 6.78. The van der Waals surface area contributed by atoms with Gasteiger partial charge in [-0.2, -0.15) is 0 Å². The van der Waals surface area contributed by atoms with E-state index >= 15 is 0 Å². The molecule has 1 atom stereocenters. The van der Waals surface area contributed by atoms with Crippen LogP contribution in [0.4, 0.5) is 0 Å². The molecule has 0 radical (unpaired) electrons. The quantitative estimate of drug-likeness (QED) is 0.870. The Morgan fingerprint density at radius 2 is 1.83 bits per heavy atom. The number of rotatable bonds is 5. The second-order valence-electron chi connectivity index (χ2n) is 5.21. The van der Waals surface area contributed by atoms with Gasteiger partial charge in [-0.05, 0) is 43.5 Å². The summed E-state index contributed by atoms with van der Waals surface area (Å²) in [5.74, 6) is 2.43. The summed E-state index contributed by atoms with van der Waals surface area (Å²) in [6.07, 6.45) is 1.02. The van der Waals surface area contributed by atoms with Crippen molar-refractivity contribution in [1.29, 1.82) is 0 Å². The molecule has 1 heterocycles. The molecular formula is C15H23NO2. The minimum atomic E-state index is 0.558. The van der Waals surface area contributed by atoms with Crippen LogP contribution in [0.5, 0.6) is 11.5 Å². The first-order chi connectivity index (χ1) is 8.66. The Kier molecular flexibility index (Phi) is 4.48. The van der Waals surface area contributed by atoms with Crippen molar-refractivity contribution in [3.8, 4) is 11.5 Å². The van der Waals surface area contributed by atoms with Crippen LogP contribution < -0.4 is 14.8 Å². The van der Waals surface area contributed by atoms with Gasteiger partial charge in [0, 0.05) is 6.04 Å². The zero-order valence-electron chi connectivity index (χ0n) is 11.5. The van der Waals surface area contributed by atoms with E-state index in [1.807, 2.05) is 6.07 Å². The van der Waals surface area contributed by atoms with Gasteiger partial charge in [0.2, 0.25) is 0 Å². The molecular weight excluding hydrogens is 226 g/mol. The molecule has 0 fully saturated rings. The topological polar surface area (TPSA) is 30.5 Å². The Morgan fingerprint density at radius 1 is 1.11 bits per heavy atom. The van der Waals surface area contributed by atoms with Crippen molar-refractivity contribution < 1.29 is 9.47 Å². The summed E-state index contributed by atoms with van der Waals surface area (Å²) in [6, 6.07) is 6.78. The molecule has 0 saturated heterocycles. The van der Waals surface area contributed by atoms with Crippen LogP contribution in [-0.2, 0) is 6.42 Å². The monoisotopic (exact) mass is 249 g/mol. The SMILES string of the molecule is CC(C)C(C)NCCc1ccc2c(c1)OCCO2. The highest BCUT2D eigenvalue weighted by molar-refractivity contribution is 5.43. The zero-order chi connectivity index (χ0) is 13.0. The van der Waals surface area contributed by atoms with Gasteiger partial charge in [0.05, 0.1) is 0 Å². The van der Waals surface area contributed by atoms with Crippen molar-refractivity contribution in [3.05, 3.63) is 23.8 Å². The molecule has 1 aromatic rings. The number of nitrogens with one attached hydrogen (secondary N) is 1. The van der Waals surface area contributed by atoms with Crippen LogP contribution in [0.15, 0.2) is 18.2 Å². The number of ether oxygens (including phenoxy) is 2. The molecule has 1 unspecified atom stereocenters. The fraction of sp³-hybridized carbons (Fsp3) is 0.600. The van der Waals surface area contributed by atoms with Gasteiger partial charge in [-0.3, -0.25) is 0 Å². The summed E-state index contributed by atoms with van der Waals surface area (Å²) in [5, 5.41) is 3.54. The third-order valence-electron chi connectivity index (χ3n) is 3.49. The summed E-state index contributed by atoms with van der Waals surface area (Å²) >= 11 is 0. The summed E-state index contributed by atoms with van der Waals surface area (Å²) < 4.78 is 11.1. The molecule has 0 spiro atoms. The Morgan fingerprint density at radius 3 is 2.56 bits per heavy atom. The molecule has 0 bridgehead atoms. The van der Waals surface area contributed by atoms with E-state index in [9.17, 15) is 0 Å². The standard InChI is InChI=1S/C15H23NO2/c1-11(2)12(3)16-7-6-13-4-5-14-15(10-13)18-9-8-17-14/h4-5,10-12,16H,6-9H2,1-3H3. The summed E-state index contributed by atoms with van der Waals surface area (Å²) in [6.45, 7) is 9.01. The summed E-state index contributed by atoms with van der Waals surface area (Å²) in [5.41, 5.74) is 1.29. The molecule has 0 aliphatic carbocycles. The third-order valence-corrected chi connectivity index (χ3v) is 3.49. The van der Waals surface area contributed by atoms with Crippen molar-refractivity contribution in [2.24, 2.45) is 5.92 Å². The maximum Gasteiger partial charge on any atom is 0.161 e. The fourth-order valence-electron chi connectivity index (χ4n) is 1.92. The smallest absolute Gasteiger partial charge is 0.161 e. The van der Waals surface area contributed by atoms with Crippen molar-refractivity contribution in [2.75, 3.05) is 19.8 Å². The van der Waals surface area contributed by atoms with E-state index in [1.54, 1.807) is 0 Å². The molecule has 3 heteroatoms. The first-order valence-corrected chi connectivity index (χ1v) is 6.78. The number of benzene rings is 1. The van der Waals surface area contributed by atoms with Crippen molar-refractivity contribution in [2.45, 2.75) is 33.2 Å². The number of hydrogen-bond donors (Lipinski definition) is 1. The van der Waals surface area contributed by atoms with Crippen LogP contribution >= 0.6 is 0 Å². The van der Waals surface area contributed by atoms with Gasteiger partial charge in [0.15, 0.2) is 11.5 Å². The molecule has 0 saturated carbocycles. The van der Waals surface area contributed by atoms with Crippen molar-refractivity contribution in [1.82, 2.24) is 5.32 Å². The first kappa shape index (κ1) is 13.2. The van der Waals surface area contributed by atoms with Gasteiger partial charge in [-0.25, -0.2) is 0 Å². The van der Waals surface area contributed by atoms with E-state index in [4.69, 9.17) is 9.47 Å². The zero-order valence-corrected chi connectivity index (χ0v) is 11.5. The maximum absolute atomic E-state index is 5.58. The highest BCUT2D eigenvalue weighted by Gasteiger charge is 2.11. The van der Waals surface area contributed by atoms with E-state index in [0.29, 0.717) is 25.2 Å². The predicted octanol–water partition coefficient (Wildman–Crippen LogP) is 2.63. The molecule has 18 heavy (non-hydrogen) atoms. The largest absolute Gasteiger partial charge is 0.486 e. The van der Waals surface area contributed by atoms with Crippen LogP contribution in [0.1, 0.15) is 26.3 Å². The Hall–Kier alpha value is -1.22. The molecule has 100 valence electrons. The molecule has 0 aromatic heterocycles. The molecule has 1 aliphatic heterocycles. The lowest BCUT2D eigenvalue weighted by Crippen LogP contribution is -2.32. The van der Waals surface area contributed by atoms with Gasteiger partial charge in [-0.15, -0.1) is 0 Å². The lowest BCUT2D eigenvalue weighted by Gasteiger charge is -2.20. The molecule has 1 aromatic carbocycles. The van der Waals surface area contributed by atoms with Crippen LogP contribution in [0.2, 0.25) is 0 Å². The van der Waals surface area contributed by atoms with Crippen LogP contribution in [0.3, 0.4) is 0 Å². The molecule has 1 aliphatic rings. The van der Waals surface area contributed by atoms with E-state index in [-0.39, 0.29) is 0 Å². The predicted molar refractivity (Wildman–Crippen MR) is 73.4 cm³/mol. The lowest BCUT2D eigenvalue weighted by atomic mass is 10.1. The van der Waals surface area contributed by atoms with Crippen LogP contribution in [0.25, 0.3) is 0 Å². The van der Waals surface area contributed by atoms with E-state index < -0.39 is 0 Å². The fourth-order valence-corrected chi connectivity index (χ4v) is 1.92. The Labute approximate surface area is 109 Å². The Balaban J connectivity index is 1.86. The van der Waals surface area contributed by atoms with Crippen molar-refractivity contribution >= 4 is 0 Å². The number of hydrogen-bond acceptors (Lipinski definition) is 3. The van der Waals surface area contributed by atoms with Gasteiger partial charge in [0.1, 0.15) is 13.2 Å². The van der Waals surface area contributed by atoms with Gasteiger partial charge in [-0.1, -0.05) is 19.9 Å². The number of fused-ring (bicyclic) bond motifs is 1. The Bertz CT molecular complexity index is 390. The molecule has 0 amide bonds. The average molecular weight is 249 g/mol. The highest BCUT2D eigenvalue weighted by atomic mass is 16.6. The van der Waals surface area contributed by atoms with E-state index in [2.05, 4.69) is 38.2 Å².